The number of aromatic nitrogens is 3. The van der Waals surface area contributed by atoms with Gasteiger partial charge in [-0.15, -0.1) is 0 Å². The second-order valence-electron chi connectivity index (χ2n) is 7.25. The number of H-pyrrole nitrogens is 1. The number of hydrogen-bond acceptors (Lipinski definition) is 5. The number of nitrogens with zero attached hydrogens (tertiary/aromatic N) is 2. The summed E-state index contributed by atoms with van der Waals surface area (Å²) in [5.41, 5.74) is 1.65. The van der Waals surface area contributed by atoms with E-state index in [0.717, 1.165) is 25.7 Å². The molecule has 3 aromatic rings. The van der Waals surface area contributed by atoms with Crippen LogP contribution in [0.1, 0.15) is 32.6 Å². The van der Waals surface area contributed by atoms with Crippen LogP contribution in [0, 0.1) is 11.7 Å². The Morgan fingerprint density at radius 1 is 1.21 bits per heavy atom. The number of halogens is 2. The molecule has 2 aromatic heterocycles. The summed E-state index contributed by atoms with van der Waals surface area (Å²) in [6, 6.07) is 6.66. The van der Waals surface area contributed by atoms with Crippen molar-refractivity contribution in [2.24, 2.45) is 5.92 Å². The summed E-state index contributed by atoms with van der Waals surface area (Å²) in [5, 5.41) is 9.57. The second-order valence-corrected chi connectivity index (χ2v) is 7.66. The van der Waals surface area contributed by atoms with Crippen molar-refractivity contribution in [3.63, 3.8) is 0 Å². The number of benzene rings is 1. The third kappa shape index (κ3) is 4.31. The summed E-state index contributed by atoms with van der Waals surface area (Å²) < 4.78 is 25.9. The van der Waals surface area contributed by atoms with Gasteiger partial charge in [-0.2, -0.15) is 4.98 Å². The Morgan fingerprint density at radius 2 is 2.00 bits per heavy atom. The minimum absolute atomic E-state index is 0.0526. The molecular formula is C21H23ClFN3O3. The van der Waals surface area contributed by atoms with Gasteiger partial charge in [0.05, 0.1) is 22.8 Å². The largest absolute Gasteiger partial charge is 0.494 e. The van der Waals surface area contributed by atoms with Crippen molar-refractivity contribution in [3.8, 4) is 23.0 Å². The van der Waals surface area contributed by atoms with Gasteiger partial charge in [-0.1, -0.05) is 11.6 Å². The third-order valence-corrected chi connectivity index (χ3v) is 5.53. The highest BCUT2D eigenvalue weighted by Crippen LogP contribution is 2.33. The fourth-order valence-electron chi connectivity index (χ4n) is 3.67. The zero-order valence-electron chi connectivity index (χ0n) is 16.1. The number of imidazole rings is 1. The fraction of sp³-hybridized carbons (Fsp3) is 0.429. The van der Waals surface area contributed by atoms with Gasteiger partial charge >= 0.3 is 0 Å². The lowest BCUT2D eigenvalue weighted by Crippen LogP contribution is -2.25. The molecule has 4 rings (SSSR count). The van der Waals surface area contributed by atoms with Gasteiger partial charge in [-0.05, 0) is 56.7 Å². The molecule has 0 bridgehead atoms. The highest BCUT2D eigenvalue weighted by atomic mass is 35.5. The van der Waals surface area contributed by atoms with Gasteiger partial charge in [0, 0.05) is 18.2 Å². The number of pyridine rings is 1. The van der Waals surface area contributed by atoms with Gasteiger partial charge < -0.3 is 19.6 Å². The standard InChI is InChI=1S/C21H23ClFN3O3/c1-2-28-14-7-8-15(17(23)9-14)19-16(22)10-18-20(25-19)26-21(24-18)29-13-5-3-12(11-27)4-6-13/h7-10,12-13,27H,2-6,11H2,1H3,(H,24,25,26). The zero-order chi connectivity index (χ0) is 20.4. The van der Waals surface area contributed by atoms with E-state index >= 15 is 0 Å². The van der Waals surface area contributed by atoms with Crippen LogP contribution in [0.25, 0.3) is 22.4 Å². The molecule has 6 nitrogen and oxygen atoms in total. The molecule has 1 fully saturated rings. The van der Waals surface area contributed by atoms with Crippen LogP contribution in [0.5, 0.6) is 11.8 Å². The third-order valence-electron chi connectivity index (χ3n) is 5.24. The van der Waals surface area contributed by atoms with Gasteiger partial charge in [-0.3, -0.25) is 0 Å². The molecule has 0 unspecified atom stereocenters. The zero-order valence-corrected chi connectivity index (χ0v) is 16.9. The first kappa shape index (κ1) is 19.9. The molecular weight excluding hydrogens is 397 g/mol. The van der Waals surface area contributed by atoms with Crippen molar-refractivity contribution in [2.75, 3.05) is 13.2 Å². The minimum atomic E-state index is -0.461. The molecule has 0 aliphatic heterocycles. The van der Waals surface area contributed by atoms with Crippen molar-refractivity contribution in [2.45, 2.75) is 38.7 Å². The second kappa shape index (κ2) is 8.55. The van der Waals surface area contributed by atoms with Crippen molar-refractivity contribution in [1.29, 1.82) is 0 Å². The average molecular weight is 420 g/mol. The first-order valence-electron chi connectivity index (χ1n) is 9.83. The van der Waals surface area contributed by atoms with Gasteiger partial charge in [0.2, 0.25) is 0 Å². The highest BCUT2D eigenvalue weighted by molar-refractivity contribution is 6.33. The van der Waals surface area contributed by atoms with Crippen molar-refractivity contribution >= 4 is 22.8 Å². The predicted octanol–water partition coefficient (Wildman–Crippen LogP) is 4.75. The van der Waals surface area contributed by atoms with Gasteiger partial charge in [0.25, 0.3) is 6.01 Å². The molecule has 1 aliphatic carbocycles. The molecule has 0 atom stereocenters. The lowest BCUT2D eigenvalue weighted by atomic mass is 9.88. The summed E-state index contributed by atoms with van der Waals surface area (Å²) in [5.74, 6) is 0.354. The fourth-order valence-corrected chi connectivity index (χ4v) is 3.93. The van der Waals surface area contributed by atoms with E-state index in [0.29, 0.717) is 46.2 Å². The molecule has 29 heavy (non-hydrogen) atoms. The number of nitrogens with one attached hydrogen (secondary N) is 1. The maximum atomic E-state index is 14.6. The average Bonchev–Trinajstić information content (AvgIpc) is 3.09. The van der Waals surface area contributed by atoms with Crippen LogP contribution in [0.3, 0.4) is 0 Å². The number of ether oxygens (including phenoxy) is 2. The van der Waals surface area contributed by atoms with Crippen LogP contribution < -0.4 is 9.47 Å². The van der Waals surface area contributed by atoms with Crippen LogP contribution in [-0.4, -0.2) is 39.4 Å². The maximum absolute atomic E-state index is 14.6. The number of aliphatic hydroxyl groups is 1. The molecule has 0 saturated heterocycles. The predicted molar refractivity (Wildman–Crippen MR) is 109 cm³/mol. The normalized spacial score (nSPS) is 19.4. The van der Waals surface area contributed by atoms with Gasteiger partial charge in [-0.25, -0.2) is 9.37 Å². The van der Waals surface area contributed by atoms with Crippen molar-refractivity contribution < 1.29 is 19.0 Å². The first-order chi connectivity index (χ1) is 14.1. The summed E-state index contributed by atoms with van der Waals surface area (Å²) in [7, 11) is 0. The molecule has 1 aliphatic rings. The molecule has 0 spiro atoms. The lowest BCUT2D eigenvalue weighted by Gasteiger charge is -2.26. The van der Waals surface area contributed by atoms with Gasteiger partial charge in [0.1, 0.15) is 17.7 Å². The first-order valence-corrected chi connectivity index (χ1v) is 10.2. The number of hydrogen-bond donors (Lipinski definition) is 2. The SMILES string of the molecule is CCOc1ccc(-c2nc3nc(OC4CCC(CO)CC4)[nH]c3cc2Cl)c(F)c1. The molecule has 2 heterocycles. The highest BCUT2D eigenvalue weighted by Gasteiger charge is 2.23. The molecule has 1 saturated carbocycles. The van der Waals surface area contributed by atoms with E-state index in [2.05, 4.69) is 15.0 Å². The summed E-state index contributed by atoms with van der Waals surface area (Å²) in [6.07, 6.45) is 3.68. The van der Waals surface area contributed by atoms with E-state index in [9.17, 15) is 9.50 Å². The van der Waals surface area contributed by atoms with E-state index in [1.807, 2.05) is 6.92 Å². The van der Waals surface area contributed by atoms with Crippen molar-refractivity contribution in [3.05, 3.63) is 35.1 Å². The summed E-state index contributed by atoms with van der Waals surface area (Å²) in [4.78, 5) is 11.9. The number of aliphatic hydroxyl groups excluding tert-OH is 1. The molecule has 2 N–H and O–H groups in total. The van der Waals surface area contributed by atoms with E-state index in [4.69, 9.17) is 21.1 Å². The molecule has 0 radical (unpaired) electrons. The quantitative estimate of drug-likeness (QED) is 0.602. The van der Waals surface area contributed by atoms with E-state index < -0.39 is 5.82 Å². The monoisotopic (exact) mass is 419 g/mol. The number of fused-ring (bicyclic) bond motifs is 1. The molecule has 0 amide bonds. The van der Waals surface area contributed by atoms with E-state index in [-0.39, 0.29) is 18.3 Å². The van der Waals surface area contributed by atoms with Crippen LogP contribution in [0.2, 0.25) is 5.02 Å². The molecule has 154 valence electrons. The van der Waals surface area contributed by atoms with E-state index in [1.165, 1.54) is 6.07 Å². The van der Waals surface area contributed by atoms with Gasteiger partial charge in [0.15, 0.2) is 5.65 Å². The van der Waals surface area contributed by atoms with Crippen LogP contribution in [-0.2, 0) is 0 Å². The Morgan fingerprint density at radius 3 is 2.69 bits per heavy atom. The van der Waals surface area contributed by atoms with Crippen LogP contribution in [0.4, 0.5) is 4.39 Å². The lowest BCUT2D eigenvalue weighted by molar-refractivity contribution is 0.0976. The summed E-state index contributed by atoms with van der Waals surface area (Å²) in [6.45, 7) is 2.53. The van der Waals surface area contributed by atoms with Crippen LogP contribution >= 0.6 is 11.6 Å². The minimum Gasteiger partial charge on any atom is -0.494 e. The van der Waals surface area contributed by atoms with E-state index in [1.54, 1.807) is 18.2 Å². The number of aromatic amines is 1. The molecule has 8 heteroatoms. The summed E-state index contributed by atoms with van der Waals surface area (Å²) >= 11 is 6.37. The Kier molecular flexibility index (Phi) is 5.87. The molecule has 1 aromatic carbocycles. The Bertz CT molecular complexity index is 1000. The smallest absolute Gasteiger partial charge is 0.296 e. The Balaban J connectivity index is 1.57. The van der Waals surface area contributed by atoms with Crippen molar-refractivity contribution in [1.82, 2.24) is 15.0 Å². The number of rotatable bonds is 6. The Labute approximate surface area is 173 Å². The topological polar surface area (TPSA) is 80.3 Å². The van der Waals surface area contributed by atoms with Crippen LogP contribution in [0.15, 0.2) is 24.3 Å². The maximum Gasteiger partial charge on any atom is 0.296 e. The Hall–Kier alpha value is -2.38.